The van der Waals surface area contributed by atoms with Crippen molar-refractivity contribution >= 4 is 11.8 Å². The first-order valence-corrected chi connectivity index (χ1v) is 7.94. The molecule has 1 aliphatic rings. The summed E-state index contributed by atoms with van der Waals surface area (Å²) in [4.78, 5) is 0. The third-order valence-corrected chi connectivity index (χ3v) is 4.62. The molecule has 1 N–H and O–H groups in total. The summed E-state index contributed by atoms with van der Waals surface area (Å²) in [6, 6.07) is 0. The van der Waals surface area contributed by atoms with Gasteiger partial charge in [0.15, 0.2) is 0 Å². The van der Waals surface area contributed by atoms with Crippen molar-refractivity contribution in [3.8, 4) is 0 Å². The number of aromatic nitrogens is 2. The maximum absolute atomic E-state index is 4.60. The van der Waals surface area contributed by atoms with E-state index in [4.69, 9.17) is 0 Å². The van der Waals surface area contributed by atoms with E-state index >= 15 is 0 Å². The maximum atomic E-state index is 4.60. The summed E-state index contributed by atoms with van der Waals surface area (Å²) in [6.07, 6.45) is 3.52. The molecule has 1 atom stereocenters. The summed E-state index contributed by atoms with van der Waals surface area (Å²) in [7, 11) is 2.01. The second-order valence-electron chi connectivity index (χ2n) is 6.29. The van der Waals surface area contributed by atoms with E-state index in [1.807, 2.05) is 11.7 Å². The molecule has 1 fully saturated rings. The number of nitrogens with one attached hydrogen (secondary N) is 1. The Morgan fingerprint density at radius 1 is 1.50 bits per heavy atom. The summed E-state index contributed by atoms with van der Waals surface area (Å²) < 4.78 is 1.93. The average Bonchev–Trinajstić information content (AvgIpc) is 2.87. The van der Waals surface area contributed by atoms with Crippen molar-refractivity contribution in [3.63, 3.8) is 0 Å². The molecule has 0 bridgehead atoms. The van der Waals surface area contributed by atoms with Crippen molar-refractivity contribution in [3.05, 3.63) is 17.5 Å². The fourth-order valence-corrected chi connectivity index (χ4v) is 3.74. The number of hydrogen-bond donors (Lipinski definition) is 1. The van der Waals surface area contributed by atoms with Crippen molar-refractivity contribution in [1.82, 2.24) is 15.1 Å². The molecule has 0 aromatic carbocycles. The van der Waals surface area contributed by atoms with Crippen LogP contribution < -0.4 is 5.32 Å². The van der Waals surface area contributed by atoms with Gasteiger partial charge in [-0.2, -0.15) is 16.9 Å². The zero-order valence-electron chi connectivity index (χ0n) is 12.0. The lowest BCUT2D eigenvalue weighted by atomic mass is 9.89. The number of hydrogen-bond acceptors (Lipinski definition) is 3. The molecule has 102 valence electrons. The highest BCUT2D eigenvalue weighted by Crippen LogP contribution is 2.25. The van der Waals surface area contributed by atoms with Crippen molar-refractivity contribution < 1.29 is 0 Å². The lowest BCUT2D eigenvalue weighted by Crippen LogP contribution is -2.24. The molecule has 1 unspecified atom stereocenters. The number of rotatable bonds is 4. The quantitative estimate of drug-likeness (QED) is 0.909. The molecule has 18 heavy (non-hydrogen) atoms. The Morgan fingerprint density at radius 3 is 2.89 bits per heavy atom. The molecule has 1 aromatic heterocycles. The van der Waals surface area contributed by atoms with Crippen LogP contribution in [0.1, 0.15) is 38.4 Å². The van der Waals surface area contributed by atoms with Crippen LogP contribution >= 0.6 is 11.8 Å². The molecule has 0 spiro atoms. The Kier molecular flexibility index (Phi) is 4.38. The van der Waals surface area contributed by atoms with Gasteiger partial charge in [0, 0.05) is 30.8 Å². The molecule has 1 aliphatic heterocycles. The highest BCUT2D eigenvalue weighted by Gasteiger charge is 2.22. The molecule has 1 saturated heterocycles. The van der Waals surface area contributed by atoms with Crippen LogP contribution in [-0.2, 0) is 19.0 Å². The van der Waals surface area contributed by atoms with Gasteiger partial charge >= 0.3 is 0 Å². The van der Waals surface area contributed by atoms with Crippen LogP contribution in [0.15, 0.2) is 6.20 Å². The topological polar surface area (TPSA) is 29.9 Å². The zero-order chi connectivity index (χ0) is 13.2. The van der Waals surface area contributed by atoms with Gasteiger partial charge in [-0.15, -0.1) is 0 Å². The standard InChI is InChI=1S/C14H25N3S/c1-14(2,3)13-12(9-17(4)16-13)8-15-7-11-5-6-18-10-11/h9,11,15H,5-8,10H2,1-4H3. The van der Waals surface area contributed by atoms with Gasteiger partial charge in [-0.3, -0.25) is 4.68 Å². The van der Waals surface area contributed by atoms with Crippen molar-refractivity contribution in [2.45, 2.75) is 39.2 Å². The van der Waals surface area contributed by atoms with Crippen LogP contribution in [0, 0.1) is 5.92 Å². The molecular weight excluding hydrogens is 242 g/mol. The first-order chi connectivity index (χ1) is 8.47. The number of thioether (sulfide) groups is 1. The minimum atomic E-state index is 0.126. The smallest absolute Gasteiger partial charge is 0.0722 e. The van der Waals surface area contributed by atoms with Gasteiger partial charge in [-0.05, 0) is 30.4 Å². The average molecular weight is 267 g/mol. The predicted octanol–water partition coefficient (Wildman–Crippen LogP) is 2.56. The molecule has 4 heteroatoms. The van der Waals surface area contributed by atoms with Crippen LogP contribution in [0.5, 0.6) is 0 Å². The van der Waals surface area contributed by atoms with E-state index in [0.29, 0.717) is 0 Å². The van der Waals surface area contributed by atoms with Gasteiger partial charge in [0.05, 0.1) is 5.69 Å². The molecule has 2 heterocycles. The lowest BCUT2D eigenvalue weighted by molar-refractivity contribution is 0.512. The summed E-state index contributed by atoms with van der Waals surface area (Å²) in [5, 5.41) is 8.21. The van der Waals surface area contributed by atoms with Crippen LogP contribution in [-0.4, -0.2) is 27.8 Å². The Labute approximate surface area is 115 Å². The second kappa shape index (κ2) is 5.66. The Hall–Kier alpha value is -0.480. The molecule has 0 saturated carbocycles. The van der Waals surface area contributed by atoms with Gasteiger partial charge < -0.3 is 5.32 Å². The molecular formula is C14H25N3S. The van der Waals surface area contributed by atoms with Gasteiger partial charge in [0.1, 0.15) is 0 Å². The zero-order valence-corrected chi connectivity index (χ0v) is 12.8. The van der Waals surface area contributed by atoms with E-state index in [-0.39, 0.29) is 5.41 Å². The molecule has 0 amide bonds. The third-order valence-electron chi connectivity index (χ3n) is 3.39. The number of aryl methyl sites for hydroxylation is 1. The maximum Gasteiger partial charge on any atom is 0.0722 e. The predicted molar refractivity (Wildman–Crippen MR) is 79.0 cm³/mol. The normalized spacial score (nSPS) is 20.6. The third kappa shape index (κ3) is 3.51. The first-order valence-electron chi connectivity index (χ1n) is 6.78. The highest BCUT2D eigenvalue weighted by atomic mass is 32.2. The minimum Gasteiger partial charge on any atom is -0.312 e. The number of nitrogens with zero attached hydrogens (tertiary/aromatic N) is 2. The van der Waals surface area contributed by atoms with E-state index in [1.54, 1.807) is 0 Å². The van der Waals surface area contributed by atoms with Crippen LogP contribution in [0.4, 0.5) is 0 Å². The van der Waals surface area contributed by atoms with Gasteiger partial charge in [0.25, 0.3) is 0 Å². The van der Waals surface area contributed by atoms with E-state index in [2.05, 4.69) is 49.1 Å². The highest BCUT2D eigenvalue weighted by molar-refractivity contribution is 7.99. The van der Waals surface area contributed by atoms with E-state index < -0.39 is 0 Å². The Bertz CT molecular complexity index is 386. The summed E-state index contributed by atoms with van der Waals surface area (Å²) in [5.41, 5.74) is 2.69. The minimum absolute atomic E-state index is 0.126. The summed E-state index contributed by atoms with van der Waals surface area (Å²) in [5.74, 6) is 3.53. The summed E-state index contributed by atoms with van der Waals surface area (Å²) in [6.45, 7) is 8.78. The largest absolute Gasteiger partial charge is 0.312 e. The monoisotopic (exact) mass is 267 g/mol. The van der Waals surface area contributed by atoms with Gasteiger partial charge in [-0.1, -0.05) is 20.8 Å². The molecule has 0 radical (unpaired) electrons. The summed E-state index contributed by atoms with van der Waals surface area (Å²) >= 11 is 2.08. The van der Waals surface area contributed by atoms with Crippen LogP contribution in [0.3, 0.4) is 0 Å². The Morgan fingerprint density at radius 2 is 2.28 bits per heavy atom. The van der Waals surface area contributed by atoms with E-state index in [1.165, 1.54) is 29.2 Å². The molecule has 0 aliphatic carbocycles. The Balaban J connectivity index is 1.92. The van der Waals surface area contributed by atoms with Crippen molar-refractivity contribution in [1.29, 1.82) is 0 Å². The van der Waals surface area contributed by atoms with Crippen molar-refractivity contribution in [2.75, 3.05) is 18.1 Å². The SMILES string of the molecule is Cn1cc(CNCC2CCSC2)c(C(C)(C)C)n1. The molecule has 3 nitrogen and oxygen atoms in total. The fraction of sp³-hybridized carbons (Fsp3) is 0.786. The van der Waals surface area contributed by atoms with Crippen LogP contribution in [0.25, 0.3) is 0 Å². The molecule has 1 aromatic rings. The lowest BCUT2D eigenvalue weighted by Gasteiger charge is -2.18. The molecule has 2 rings (SSSR count). The van der Waals surface area contributed by atoms with Crippen molar-refractivity contribution in [2.24, 2.45) is 13.0 Å². The van der Waals surface area contributed by atoms with Gasteiger partial charge in [0.2, 0.25) is 0 Å². The second-order valence-corrected chi connectivity index (χ2v) is 7.44. The van der Waals surface area contributed by atoms with E-state index in [0.717, 1.165) is 19.0 Å². The van der Waals surface area contributed by atoms with Gasteiger partial charge in [-0.25, -0.2) is 0 Å². The first kappa shape index (κ1) is 13.9. The van der Waals surface area contributed by atoms with E-state index in [9.17, 15) is 0 Å². The van der Waals surface area contributed by atoms with Crippen LogP contribution in [0.2, 0.25) is 0 Å². The fourth-order valence-electron chi connectivity index (χ4n) is 2.45.